The number of nitrogen functional groups attached to an aromatic ring is 1. The number of para-hydroxylation sites is 1. The average molecular weight is 318 g/mol. The van der Waals surface area contributed by atoms with E-state index in [0.717, 1.165) is 32.9 Å². The minimum Gasteiger partial charge on any atom is -0.508 e. The second kappa shape index (κ2) is 5.58. The highest BCUT2D eigenvalue weighted by atomic mass is 16.3. The number of nitrogens with zero attached hydrogens (tertiary/aromatic N) is 1. The smallest absolute Gasteiger partial charge is 0.115 e. The van der Waals surface area contributed by atoms with Crippen molar-refractivity contribution in [3.63, 3.8) is 0 Å². The van der Waals surface area contributed by atoms with E-state index in [-0.39, 0.29) is 12.4 Å². The Hall–Kier alpha value is -2.98. The van der Waals surface area contributed by atoms with Crippen molar-refractivity contribution in [1.82, 2.24) is 4.57 Å². The van der Waals surface area contributed by atoms with Crippen LogP contribution < -0.4 is 5.73 Å². The van der Waals surface area contributed by atoms with Crippen molar-refractivity contribution in [3.05, 3.63) is 60.7 Å². The van der Waals surface area contributed by atoms with Gasteiger partial charge in [0.05, 0.1) is 12.1 Å². The molecule has 0 radical (unpaired) electrons. The number of phenolic OH excluding ortho intramolecular Hbond substituents is 1. The zero-order valence-electron chi connectivity index (χ0n) is 13.1. The summed E-state index contributed by atoms with van der Waals surface area (Å²) < 4.78 is 2.13. The molecule has 0 unspecified atom stereocenters. The zero-order valence-corrected chi connectivity index (χ0v) is 13.1. The predicted molar refractivity (Wildman–Crippen MR) is 98.0 cm³/mol. The van der Waals surface area contributed by atoms with Crippen molar-refractivity contribution in [1.29, 1.82) is 0 Å². The van der Waals surface area contributed by atoms with Gasteiger partial charge in [-0.15, -0.1) is 0 Å². The number of aliphatic hydroxyl groups excluding tert-OH is 1. The average Bonchev–Trinajstić information content (AvgIpc) is 2.90. The molecule has 0 atom stereocenters. The largest absolute Gasteiger partial charge is 0.508 e. The van der Waals surface area contributed by atoms with Gasteiger partial charge in [0, 0.05) is 34.1 Å². The Morgan fingerprint density at radius 3 is 2.42 bits per heavy atom. The molecule has 0 bridgehead atoms. The topological polar surface area (TPSA) is 71.4 Å². The summed E-state index contributed by atoms with van der Waals surface area (Å²) in [5.74, 6) is 0.231. The first-order valence-electron chi connectivity index (χ1n) is 7.90. The summed E-state index contributed by atoms with van der Waals surface area (Å²) in [6.45, 7) is 0.576. The van der Waals surface area contributed by atoms with E-state index in [1.807, 2.05) is 36.4 Å². The first-order chi connectivity index (χ1) is 11.7. The predicted octanol–water partition coefficient (Wildman–Crippen LogP) is 3.74. The monoisotopic (exact) mass is 318 g/mol. The number of hydrogen-bond donors (Lipinski definition) is 3. The van der Waals surface area contributed by atoms with Crippen LogP contribution in [0.25, 0.3) is 32.9 Å². The van der Waals surface area contributed by atoms with E-state index in [9.17, 15) is 10.2 Å². The lowest BCUT2D eigenvalue weighted by Gasteiger charge is -2.11. The van der Waals surface area contributed by atoms with Crippen molar-refractivity contribution < 1.29 is 10.2 Å². The molecule has 4 aromatic rings. The SMILES string of the molecule is Nc1cc(-c2ccc(O)cc2)c2c(c1)c1ccccc1n2CCO. The lowest BCUT2D eigenvalue weighted by atomic mass is 10.0. The van der Waals surface area contributed by atoms with E-state index in [4.69, 9.17) is 5.73 Å². The van der Waals surface area contributed by atoms with Gasteiger partial charge in [0.2, 0.25) is 0 Å². The molecule has 120 valence electrons. The molecule has 0 aliphatic rings. The van der Waals surface area contributed by atoms with Crippen molar-refractivity contribution in [3.8, 4) is 16.9 Å². The standard InChI is InChI=1S/C20H18N2O2/c21-14-11-17(13-5-7-15(24)8-6-13)20-18(12-14)16-3-1-2-4-19(16)22(20)9-10-23/h1-8,11-12,23-24H,9-10,21H2. The zero-order chi connectivity index (χ0) is 16.7. The number of nitrogens with two attached hydrogens (primary N) is 1. The summed E-state index contributed by atoms with van der Waals surface area (Å²) in [6, 6.07) is 19.2. The molecular weight excluding hydrogens is 300 g/mol. The van der Waals surface area contributed by atoms with Crippen LogP contribution in [0.5, 0.6) is 5.75 Å². The summed E-state index contributed by atoms with van der Waals surface area (Å²) in [5, 5.41) is 21.3. The highest BCUT2D eigenvalue weighted by Gasteiger charge is 2.15. The summed E-state index contributed by atoms with van der Waals surface area (Å²) in [4.78, 5) is 0. The summed E-state index contributed by atoms with van der Waals surface area (Å²) >= 11 is 0. The first-order valence-corrected chi connectivity index (χ1v) is 7.90. The molecule has 4 N–H and O–H groups in total. The lowest BCUT2D eigenvalue weighted by molar-refractivity contribution is 0.280. The van der Waals surface area contributed by atoms with Gasteiger partial charge in [-0.2, -0.15) is 0 Å². The highest BCUT2D eigenvalue weighted by molar-refractivity contribution is 6.13. The molecule has 24 heavy (non-hydrogen) atoms. The summed E-state index contributed by atoms with van der Waals surface area (Å²) in [7, 11) is 0. The third-order valence-corrected chi connectivity index (χ3v) is 4.39. The van der Waals surface area contributed by atoms with Gasteiger partial charge in [-0.3, -0.25) is 0 Å². The Kier molecular flexibility index (Phi) is 3.40. The van der Waals surface area contributed by atoms with Gasteiger partial charge < -0.3 is 20.5 Å². The summed E-state index contributed by atoms with van der Waals surface area (Å²) in [5.41, 5.74) is 10.9. The van der Waals surface area contributed by atoms with Crippen LogP contribution in [0, 0.1) is 0 Å². The molecule has 0 aliphatic heterocycles. The molecule has 4 heteroatoms. The third-order valence-electron chi connectivity index (χ3n) is 4.39. The Morgan fingerprint density at radius 2 is 1.67 bits per heavy atom. The quantitative estimate of drug-likeness (QED) is 0.504. The number of aliphatic hydroxyl groups is 1. The third kappa shape index (κ3) is 2.20. The minimum atomic E-state index is 0.0627. The Balaban J connectivity index is 2.15. The maximum absolute atomic E-state index is 9.56. The molecule has 0 spiro atoms. The summed E-state index contributed by atoms with van der Waals surface area (Å²) in [6.07, 6.45) is 0. The number of anilines is 1. The van der Waals surface area contributed by atoms with E-state index >= 15 is 0 Å². The fourth-order valence-electron chi connectivity index (χ4n) is 3.40. The Labute approximate surface area is 139 Å². The van der Waals surface area contributed by atoms with Gasteiger partial charge in [-0.05, 0) is 35.9 Å². The number of phenols is 1. The second-order valence-electron chi connectivity index (χ2n) is 5.90. The van der Waals surface area contributed by atoms with E-state index < -0.39 is 0 Å². The second-order valence-corrected chi connectivity index (χ2v) is 5.90. The molecule has 1 heterocycles. The Bertz CT molecular complexity index is 1030. The number of aromatic hydroxyl groups is 1. The van der Waals surface area contributed by atoms with Crippen LogP contribution in [0.15, 0.2) is 60.7 Å². The van der Waals surface area contributed by atoms with Crippen LogP contribution in [0.1, 0.15) is 0 Å². The first kappa shape index (κ1) is 14.6. The van der Waals surface area contributed by atoms with Crippen LogP contribution >= 0.6 is 0 Å². The molecule has 0 amide bonds. The fraction of sp³-hybridized carbons (Fsp3) is 0.100. The van der Waals surface area contributed by atoms with E-state index in [0.29, 0.717) is 12.2 Å². The van der Waals surface area contributed by atoms with Crippen molar-refractivity contribution in [2.24, 2.45) is 0 Å². The molecule has 3 aromatic carbocycles. The fourth-order valence-corrected chi connectivity index (χ4v) is 3.40. The Morgan fingerprint density at radius 1 is 0.917 bits per heavy atom. The lowest BCUT2D eigenvalue weighted by Crippen LogP contribution is -2.02. The molecular formula is C20H18N2O2. The van der Waals surface area contributed by atoms with E-state index in [2.05, 4.69) is 16.7 Å². The van der Waals surface area contributed by atoms with Crippen LogP contribution in [0.3, 0.4) is 0 Å². The molecule has 0 aliphatic carbocycles. The molecule has 0 saturated carbocycles. The van der Waals surface area contributed by atoms with Gasteiger partial charge >= 0.3 is 0 Å². The number of rotatable bonds is 3. The number of aromatic nitrogens is 1. The van der Waals surface area contributed by atoms with Crippen molar-refractivity contribution in [2.75, 3.05) is 12.3 Å². The molecule has 4 rings (SSSR count). The molecule has 4 nitrogen and oxygen atoms in total. The van der Waals surface area contributed by atoms with Crippen LogP contribution in [0.4, 0.5) is 5.69 Å². The maximum Gasteiger partial charge on any atom is 0.115 e. The van der Waals surface area contributed by atoms with Gasteiger partial charge in [0.15, 0.2) is 0 Å². The van der Waals surface area contributed by atoms with E-state index in [1.54, 1.807) is 12.1 Å². The molecule has 1 aromatic heterocycles. The maximum atomic E-state index is 9.56. The minimum absolute atomic E-state index is 0.0627. The van der Waals surface area contributed by atoms with Gasteiger partial charge in [0.25, 0.3) is 0 Å². The molecule has 0 saturated heterocycles. The van der Waals surface area contributed by atoms with Gasteiger partial charge in [0.1, 0.15) is 5.75 Å². The van der Waals surface area contributed by atoms with Crippen LogP contribution in [-0.2, 0) is 6.54 Å². The van der Waals surface area contributed by atoms with Crippen molar-refractivity contribution in [2.45, 2.75) is 6.54 Å². The van der Waals surface area contributed by atoms with E-state index in [1.165, 1.54) is 0 Å². The number of fused-ring (bicyclic) bond motifs is 3. The van der Waals surface area contributed by atoms with Crippen LogP contribution in [0.2, 0.25) is 0 Å². The highest BCUT2D eigenvalue weighted by Crippen LogP contribution is 2.38. The van der Waals surface area contributed by atoms with Gasteiger partial charge in [-0.1, -0.05) is 30.3 Å². The van der Waals surface area contributed by atoms with Gasteiger partial charge in [-0.25, -0.2) is 0 Å². The molecule has 0 fully saturated rings. The normalized spacial score (nSPS) is 11.4. The number of benzene rings is 3. The van der Waals surface area contributed by atoms with Crippen molar-refractivity contribution >= 4 is 27.5 Å². The van der Waals surface area contributed by atoms with Crippen LogP contribution in [-0.4, -0.2) is 21.4 Å². The number of hydrogen-bond acceptors (Lipinski definition) is 3.